The molecular weight excluding hydrogens is 400 g/mol. The highest BCUT2D eigenvalue weighted by Crippen LogP contribution is 2.35. The van der Waals surface area contributed by atoms with E-state index in [1.165, 1.54) is 31.2 Å². The summed E-state index contributed by atoms with van der Waals surface area (Å²) in [6.45, 7) is 8.38. The van der Waals surface area contributed by atoms with Gasteiger partial charge in [0.15, 0.2) is 5.82 Å². The average Bonchev–Trinajstić information content (AvgIpc) is 3.25. The lowest BCUT2D eigenvalue weighted by Gasteiger charge is -2.37. The first-order valence-corrected chi connectivity index (χ1v) is 12.2. The molecule has 1 aromatic carbocycles. The van der Waals surface area contributed by atoms with Crippen LogP contribution in [-0.2, 0) is 0 Å². The van der Waals surface area contributed by atoms with E-state index in [1.807, 2.05) is 4.68 Å². The smallest absolute Gasteiger partial charge is 0.253 e. The van der Waals surface area contributed by atoms with Crippen molar-refractivity contribution in [2.24, 2.45) is 5.92 Å². The molecule has 7 nitrogen and oxygen atoms in total. The molecule has 1 saturated carbocycles. The van der Waals surface area contributed by atoms with E-state index in [9.17, 15) is 4.79 Å². The maximum Gasteiger partial charge on any atom is 0.253 e. The summed E-state index contributed by atoms with van der Waals surface area (Å²) >= 11 is 0. The molecule has 3 aromatic rings. The quantitative estimate of drug-likeness (QED) is 0.656. The standard InChI is InChI=1S/C25H34N6O/c1-16-8-7-11-30(15-16)23(24-27-28-29-31(24)19-9-5-4-6-10-19)21-14-20-18(3)12-17(2)13-22(20)26-25(21)32/h12-14,16,19,23H,4-11,15H2,1-3H3,(H,26,32). The number of aromatic amines is 1. The Kier molecular flexibility index (Phi) is 5.84. The van der Waals surface area contributed by atoms with E-state index in [-0.39, 0.29) is 11.6 Å². The minimum absolute atomic E-state index is 0.0380. The van der Waals surface area contributed by atoms with Crippen LogP contribution in [0, 0.1) is 19.8 Å². The van der Waals surface area contributed by atoms with Crippen molar-refractivity contribution in [3.8, 4) is 0 Å². The predicted molar refractivity (Wildman–Crippen MR) is 126 cm³/mol. The molecule has 1 aliphatic heterocycles. The van der Waals surface area contributed by atoms with Gasteiger partial charge in [-0.05, 0) is 85.7 Å². The molecule has 0 spiro atoms. The van der Waals surface area contributed by atoms with Gasteiger partial charge in [0.25, 0.3) is 5.56 Å². The van der Waals surface area contributed by atoms with Gasteiger partial charge in [0, 0.05) is 23.0 Å². The number of piperidine rings is 1. The Bertz CT molecular complexity index is 1160. The summed E-state index contributed by atoms with van der Waals surface area (Å²) in [7, 11) is 0. The van der Waals surface area contributed by atoms with Crippen LogP contribution in [-0.4, -0.2) is 43.2 Å². The SMILES string of the molecule is Cc1cc(C)c2cc(C(c3nnnn3C3CCCCC3)N3CCCC(C)C3)c(=O)[nH]c2c1. The zero-order valence-corrected chi connectivity index (χ0v) is 19.5. The molecule has 1 N–H and O–H groups in total. The van der Waals surface area contributed by atoms with E-state index < -0.39 is 0 Å². The summed E-state index contributed by atoms with van der Waals surface area (Å²) in [6, 6.07) is 6.41. The van der Waals surface area contributed by atoms with Gasteiger partial charge in [-0.25, -0.2) is 4.68 Å². The van der Waals surface area contributed by atoms with Crippen LogP contribution in [0.1, 0.15) is 86.5 Å². The number of aryl methyl sites for hydroxylation is 2. The van der Waals surface area contributed by atoms with Crippen LogP contribution < -0.4 is 5.56 Å². The highest BCUT2D eigenvalue weighted by Gasteiger charge is 2.34. The summed E-state index contributed by atoms with van der Waals surface area (Å²) in [4.78, 5) is 19.0. The van der Waals surface area contributed by atoms with Gasteiger partial charge in [-0.15, -0.1) is 5.10 Å². The van der Waals surface area contributed by atoms with Crippen molar-refractivity contribution < 1.29 is 0 Å². The molecule has 0 amide bonds. The van der Waals surface area contributed by atoms with E-state index in [4.69, 9.17) is 0 Å². The number of likely N-dealkylation sites (tertiary alicyclic amines) is 1. The van der Waals surface area contributed by atoms with Crippen LogP contribution in [0.25, 0.3) is 10.9 Å². The first-order valence-electron chi connectivity index (χ1n) is 12.2. The van der Waals surface area contributed by atoms with Crippen molar-refractivity contribution in [2.45, 2.75) is 77.8 Å². The summed E-state index contributed by atoms with van der Waals surface area (Å²) in [6.07, 6.45) is 8.27. The van der Waals surface area contributed by atoms with Gasteiger partial charge in [-0.3, -0.25) is 9.69 Å². The van der Waals surface area contributed by atoms with Crippen molar-refractivity contribution in [3.05, 3.63) is 51.1 Å². The fourth-order valence-corrected chi connectivity index (χ4v) is 5.82. The van der Waals surface area contributed by atoms with Crippen LogP contribution in [0.2, 0.25) is 0 Å². The molecule has 2 unspecified atom stereocenters. The number of H-pyrrole nitrogens is 1. The molecule has 3 heterocycles. The summed E-state index contributed by atoms with van der Waals surface area (Å²) in [5, 5.41) is 14.2. The number of hydrogen-bond acceptors (Lipinski definition) is 5. The molecule has 0 radical (unpaired) electrons. The third-order valence-electron chi connectivity index (χ3n) is 7.37. The van der Waals surface area contributed by atoms with Gasteiger partial charge in [0.1, 0.15) is 6.04 Å². The second-order valence-corrected chi connectivity index (χ2v) is 10.0. The first kappa shape index (κ1) is 21.3. The number of pyridine rings is 1. The van der Waals surface area contributed by atoms with Crippen molar-refractivity contribution in [2.75, 3.05) is 13.1 Å². The Morgan fingerprint density at radius 2 is 1.88 bits per heavy atom. The average molecular weight is 435 g/mol. The normalized spacial score (nSPS) is 21.8. The largest absolute Gasteiger partial charge is 0.322 e. The number of rotatable bonds is 4. The Morgan fingerprint density at radius 3 is 2.66 bits per heavy atom. The van der Waals surface area contributed by atoms with Crippen molar-refractivity contribution in [3.63, 3.8) is 0 Å². The molecule has 7 heteroatoms. The Balaban J connectivity index is 1.66. The third kappa shape index (κ3) is 3.98. The Morgan fingerprint density at radius 1 is 1.06 bits per heavy atom. The molecule has 2 aliphatic rings. The number of nitrogens with one attached hydrogen (secondary N) is 1. The number of tetrazole rings is 1. The number of hydrogen-bond donors (Lipinski definition) is 1. The summed E-state index contributed by atoms with van der Waals surface area (Å²) in [5.41, 5.74) is 3.94. The molecule has 2 aromatic heterocycles. The number of fused-ring (bicyclic) bond motifs is 1. The van der Waals surface area contributed by atoms with Gasteiger partial charge >= 0.3 is 0 Å². The first-order chi connectivity index (χ1) is 15.5. The molecule has 1 saturated heterocycles. The molecule has 2 atom stereocenters. The highest BCUT2D eigenvalue weighted by molar-refractivity contribution is 5.83. The van der Waals surface area contributed by atoms with Crippen LogP contribution in [0.5, 0.6) is 0 Å². The van der Waals surface area contributed by atoms with Crippen molar-refractivity contribution in [1.82, 2.24) is 30.1 Å². The third-order valence-corrected chi connectivity index (χ3v) is 7.37. The van der Waals surface area contributed by atoms with E-state index in [1.54, 1.807) is 0 Å². The fraction of sp³-hybridized carbons (Fsp3) is 0.600. The zero-order valence-electron chi connectivity index (χ0n) is 19.5. The zero-order chi connectivity index (χ0) is 22.2. The fourth-order valence-electron chi connectivity index (χ4n) is 5.82. The summed E-state index contributed by atoms with van der Waals surface area (Å²) in [5.74, 6) is 1.41. The predicted octanol–water partition coefficient (Wildman–Crippen LogP) is 4.46. The van der Waals surface area contributed by atoms with E-state index in [2.05, 4.69) is 64.4 Å². The maximum absolute atomic E-state index is 13.4. The second kappa shape index (κ2) is 8.77. The molecular formula is C25H34N6O. The molecule has 0 bridgehead atoms. The molecule has 32 heavy (non-hydrogen) atoms. The molecule has 2 fully saturated rings. The van der Waals surface area contributed by atoms with Crippen LogP contribution in [0.15, 0.2) is 23.0 Å². The monoisotopic (exact) mass is 434 g/mol. The number of aromatic nitrogens is 5. The number of benzene rings is 1. The summed E-state index contributed by atoms with van der Waals surface area (Å²) < 4.78 is 2.04. The topological polar surface area (TPSA) is 79.7 Å². The van der Waals surface area contributed by atoms with E-state index in [0.717, 1.165) is 60.2 Å². The lowest BCUT2D eigenvalue weighted by atomic mass is 9.93. The van der Waals surface area contributed by atoms with Gasteiger partial charge in [0.2, 0.25) is 0 Å². The van der Waals surface area contributed by atoms with Crippen LogP contribution in [0.3, 0.4) is 0 Å². The van der Waals surface area contributed by atoms with Crippen LogP contribution in [0.4, 0.5) is 0 Å². The second-order valence-electron chi connectivity index (χ2n) is 10.0. The van der Waals surface area contributed by atoms with Gasteiger partial charge < -0.3 is 4.98 Å². The van der Waals surface area contributed by atoms with Gasteiger partial charge in [-0.1, -0.05) is 32.3 Å². The van der Waals surface area contributed by atoms with Crippen molar-refractivity contribution >= 4 is 10.9 Å². The highest BCUT2D eigenvalue weighted by atomic mass is 16.1. The van der Waals surface area contributed by atoms with Crippen LogP contribution >= 0.6 is 0 Å². The molecule has 5 rings (SSSR count). The molecule has 1 aliphatic carbocycles. The minimum Gasteiger partial charge on any atom is -0.322 e. The van der Waals surface area contributed by atoms with E-state index in [0.29, 0.717) is 12.0 Å². The Hall–Kier alpha value is -2.54. The lowest BCUT2D eigenvalue weighted by molar-refractivity contribution is 0.138. The van der Waals surface area contributed by atoms with Gasteiger partial charge in [0.05, 0.1) is 6.04 Å². The van der Waals surface area contributed by atoms with E-state index >= 15 is 0 Å². The molecule has 170 valence electrons. The lowest BCUT2D eigenvalue weighted by Crippen LogP contribution is -2.41. The van der Waals surface area contributed by atoms with Crippen molar-refractivity contribution in [1.29, 1.82) is 0 Å². The van der Waals surface area contributed by atoms with Gasteiger partial charge in [-0.2, -0.15) is 0 Å². The Labute approximate surface area is 189 Å². The maximum atomic E-state index is 13.4. The number of nitrogens with zero attached hydrogens (tertiary/aromatic N) is 5. The minimum atomic E-state index is -0.233.